The highest BCUT2D eigenvalue weighted by Gasteiger charge is 2.13. The SMILES string of the molecule is CC(C)(C)OCCOCc1c(CN)oc2ccccc12. The fourth-order valence-corrected chi connectivity index (χ4v) is 2.05. The van der Waals surface area contributed by atoms with Crippen molar-refractivity contribution in [1.29, 1.82) is 0 Å². The van der Waals surface area contributed by atoms with Gasteiger partial charge in [-0.05, 0) is 26.8 Å². The van der Waals surface area contributed by atoms with Crippen LogP contribution in [0.25, 0.3) is 11.0 Å². The van der Waals surface area contributed by atoms with Gasteiger partial charge in [-0.15, -0.1) is 0 Å². The van der Waals surface area contributed by atoms with Crippen molar-refractivity contribution in [2.45, 2.75) is 39.5 Å². The third-order valence-corrected chi connectivity index (χ3v) is 2.98. The summed E-state index contributed by atoms with van der Waals surface area (Å²) in [6.07, 6.45) is 0. The van der Waals surface area contributed by atoms with Gasteiger partial charge in [-0.25, -0.2) is 0 Å². The first kappa shape index (κ1) is 15.0. The highest BCUT2D eigenvalue weighted by molar-refractivity contribution is 5.82. The minimum Gasteiger partial charge on any atom is -0.459 e. The summed E-state index contributed by atoms with van der Waals surface area (Å²) in [5, 5.41) is 1.07. The zero-order valence-electron chi connectivity index (χ0n) is 12.4. The minimum atomic E-state index is -0.131. The molecule has 0 fully saturated rings. The quantitative estimate of drug-likeness (QED) is 0.824. The van der Waals surface area contributed by atoms with Gasteiger partial charge in [-0.3, -0.25) is 0 Å². The first-order valence-electron chi connectivity index (χ1n) is 6.92. The molecule has 0 unspecified atom stereocenters. The molecule has 0 saturated carbocycles. The van der Waals surface area contributed by atoms with E-state index < -0.39 is 0 Å². The molecule has 0 saturated heterocycles. The largest absolute Gasteiger partial charge is 0.459 e. The fourth-order valence-electron chi connectivity index (χ4n) is 2.05. The van der Waals surface area contributed by atoms with E-state index in [4.69, 9.17) is 19.6 Å². The Morgan fingerprint density at radius 3 is 2.60 bits per heavy atom. The molecule has 2 aromatic rings. The molecule has 0 aliphatic carbocycles. The van der Waals surface area contributed by atoms with Gasteiger partial charge < -0.3 is 19.6 Å². The molecule has 1 aromatic heterocycles. The molecule has 4 heteroatoms. The number of hydrogen-bond acceptors (Lipinski definition) is 4. The summed E-state index contributed by atoms with van der Waals surface area (Å²) in [5.41, 5.74) is 7.50. The van der Waals surface area contributed by atoms with Crippen LogP contribution < -0.4 is 5.73 Å². The van der Waals surface area contributed by atoms with Gasteiger partial charge in [0.25, 0.3) is 0 Å². The van der Waals surface area contributed by atoms with Gasteiger partial charge in [0.05, 0.1) is 32.0 Å². The van der Waals surface area contributed by atoms with Crippen molar-refractivity contribution in [2.75, 3.05) is 13.2 Å². The zero-order valence-corrected chi connectivity index (χ0v) is 12.4. The maximum absolute atomic E-state index is 5.73. The second-order valence-corrected chi connectivity index (χ2v) is 5.72. The Morgan fingerprint density at radius 1 is 1.15 bits per heavy atom. The Morgan fingerprint density at radius 2 is 1.90 bits per heavy atom. The second kappa shape index (κ2) is 6.39. The van der Waals surface area contributed by atoms with E-state index >= 15 is 0 Å². The predicted molar refractivity (Wildman–Crippen MR) is 79.5 cm³/mol. The van der Waals surface area contributed by atoms with Crippen LogP contribution >= 0.6 is 0 Å². The van der Waals surface area contributed by atoms with Crippen LogP contribution in [-0.2, 0) is 22.6 Å². The van der Waals surface area contributed by atoms with Gasteiger partial charge in [0.1, 0.15) is 11.3 Å². The van der Waals surface area contributed by atoms with E-state index in [1.54, 1.807) is 0 Å². The third-order valence-electron chi connectivity index (χ3n) is 2.98. The first-order valence-corrected chi connectivity index (χ1v) is 6.92. The lowest BCUT2D eigenvalue weighted by Crippen LogP contribution is -2.21. The molecule has 4 nitrogen and oxygen atoms in total. The van der Waals surface area contributed by atoms with Crippen LogP contribution in [0.5, 0.6) is 0 Å². The van der Waals surface area contributed by atoms with E-state index in [0.717, 1.165) is 22.3 Å². The standard InChI is InChI=1S/C16H23NO3/c1-16(2,3)19-9-8-18-11-13-12-6-4-5-7-14(12)20-15(13)10-17/h4-7H,8-11,17H2,1-3H3. The summed E-state index contributed by atoms with van der Waals surface area (Å²) < 4.78 is 17.0. The fraction of sp³-hybridized carbons (Fsp3) is 0.500. The molecule has 0 aliphatic rings. The highest BCUT2D eigenvalue weighted by Crippen LogP contribution is 2.26. The number of benzene rings is 1. The molecule has 0 radical (unpaired) electrons. The average Bonchev–Trinajstić information content (AvgIpc) is 2.75. The van der Waals surface area contributed by atoms with Gasteiger partial charge in [-0.1, -0.05) is 18.2 Å². The van der Waals surface area contributed by atoms with Crippen molar-refractivity contribution < 1.29 is 13.9 Å². The molecule has 0 bridgehead atoms. The van der Waals surface area contributed by atoms with Gasteiger partial charge in [0.15, 0.2) is 0 Å². The predicted octanol–water partition coefficient (Wildman–Crippen LogP) is 3.22. The van der Waals surface area contributed by atoms with Gasteiger partial charge >= 0.3 is 0 Å². The molecule has 20 heavy (non-hydrogen) atoms. The van der Waals surface area contributed by atoms with Crippen molar-refractivity contribution in [3.05, 3.63) is 35.6 Å². The number of furan rings is 1. The summed E-state index contributed by atoms with van der Waals surface area (Å²) in [6.45, 7) is 8.11. The Bertz CT molecular complexity index is 554. The normalized spacial score (nSPS) is 12.2. The summed E-state index contributed by atoms with van der Waals surface area (Å²) in [5.74, 6) is 0.794. The van der Waals surface area contributed by atoms with Crippen LogP contribution in [0.1, 0.15) is 32.1 Å². The van der Waals surface area contributed by atoms with E-state index in [1.807, 2.05) is 45.0 Å². The third kappa shape index (κ3) is 3.82. The summed E-state index contributed by atoms with van der Waals surface area (Å²) in [4.78, 5) is 0. The first-order chi connectivity index (χ1) is 9.51. The monoisotopic (exact) mass is 277 g/mol. The average molecular weight is 277 g/mol. The summed E-state index contributed by atoms with van der Waals surface area (Å²) in [7, 11) is 0. The number of para-hydroxylation sites is 1. The molecule has 1 aromatic carbocycles. The summed E-state index contributed by atoms with van der Waals surface area (Å²) in [6, 6.07) is 7.92. The van der Waals surface area contributed by atoms with Crippen molar-refractivity contribution in [2.24, 2.45) is 5.73 Å². The van der Waals surface area contributed by atoms with Crippen LogP contribution in [0.15, 0.2) is 28.7 Å². The Hall–Kier alpha value is -1.36. The molecule has 2 N–H and O–H groups in total. The minimum absolute atomic E-state index is 0.131. The number of fused-ring (bicyclic) bond motifs is 1. The van der Waals surface area contributed by atoms with Crippen molar-refractivity contribution in [3.63, 3.8) is 0 Å². The number of ether oxygens (including phenoxy) is 2. The van der Waals surface area contributed by atoms with E-state index in [-0.39, 0.29) is 5.60 Å². The van der Waals surface area contributed by atoms with Crippen molar-refractivity contribution >= 4 is 11.0 Å². The van der Waals surface area contributed by atoms with E-state index in [0.29, 0.717) is 26.4 Å². The van der Waals surface area contributed by atoms with Crippen LogP contribution in [-0.4, -0.2) is 18.8 Å². The van der Waals surface area contributed by atoms with Gasteiger partial charge in [0.2, 0.25) is 0 Å². The number of nitrogens with two attached hydrogens (primary N) is 1. The summed E-state index contributed by atoms with van der Waals surface area (Å²) >= 11 is 0. The maximum Gasteiger partial charge on any atom is 0.134 e. The Labute approximate surface area is 119 Å². The number of hydrogen-bond donors (Lipinski definition) is 1. The van der Waals surface area contributed by atoms with Crippen LogP contribution in [0.4, 0.5) is 0 Å². The molecule has 110 valence electrons. The van der Waals surface area contributed by atoms with Crippen molar-refractivity contribution in [3.8, 4) is 0 Å². The highest BCUT2D eigenvalue weighted by atomic mass is 16.5. The van der Waals surface area contributed by atoms with Crippen LogP contribution in [0.2, 0.25) is 0 Å². The molecular weight excluding hydrogens is 254 g/mol. The van der Waals surface area contributed by atoms with E-state index in [9.17, 15) is 0 Å². The van der Waals surface area contributed by atoms with Gasteiger partial charge in [0, 0.05) is 10.9 Å². The molecule has 0 aliphatic heterocycles. The molecule has 2 rings (SSSR count). The van der Waals surface area contributed by atoms with E-state index in [1.165, 1.54) is 0 Å². The molecule has 0 atom stereocenters. The van der Waals surface area contributed by atoms with Crippen LogP contribution in [0, 0.1) is 0 Å². The lowest BCUT2D eigenvalue weighted by molar-refractivity contribution is -0.0377. The smallest absolute Gasteiger partial charge is 0.134 e. The lowest BCUT2D eigenvalue weighted by atomic mass is 10.1. The number of rotatable bonds is 6. The van der Waals surface area contributed by atoms with Gasteiger partial charge in [-0.2, -0.15) is 0 Å². The zero-order chi connectivity index (χ0) is 14.6. The van der Waals surface area contributed by atoms with Crippen molar-refractivity contribution in [1.82, 2.24) is 0 Å². The lowest BCUT2D eigenvalue weighted by Gasteiger charge is -2.19. The molecular formula is C16H23NO3. The Kier molecular flexibility index (Phi) is 4.81. The van der Waals surface area contributed by atoms with E-state index in [2.05, 4.69) is 0 Å². The Balaban J connectivity index is 1.95. The molecule has 0 amide bonds. The van der Waals surface area contributed by atoms with Crippen LogP contribution in [0.3, 0.4) is 0 Å². The molecule has 0 spiro atoms. The molecule has 1 heterocycles. The second-order valence-electron chi connectivity index (χ2n) is 5.72. The topological polar surface area (TPSA) is 57.6 Å². The maximum atomic E-state index is 5.73.